The first-order valence-electron chi connectivity index (χ1n) is 8.17. The van der Waals surface area contributed by atoms with Gasteiger partial charge in [-0.25, -0.2) is 0 Å². The molecule has 2 heterocycles. The van der Waals surface area contributed by atoms with Crippen molar-refractivity contribution in [1.82, 2.24) is 25.3 Å². The van der Waals surface area contributed by atoms with Gasteiger partial charge >= 0.3 is 6.18 Å². The molecule has 1 aromatic heterocycles. The number of halogens is 4. The standard InChI is InChI=1S/C15H25F3N6.HI/c1-3-19-14(20-6-4-12-8-21-23(2)9-12)22-13-5-7-24(10-13)11-15(16,17)18;/h8-9,13H,3-7,10-11H2,1-2H3,(H2,19,20,22);1H. The van der Waals surface area contributed by atoms with E-state index in [4.69, 9.17) is 0 Å². The fourth-order valence-electron chi connectivity index (χ4n) is 2.76. The van der Waals surface area contributed by atoms with Gasteiger partial charge in [-0.2, -0.15) is 18.3 Å². The number of hydrogen-bond acceptors (Lipinski definition) is 3. The summed E-state index contributed by atoms with van der Waals surface area (Å²) >= 11 is 0. The maximum atomic E-state index is 12.4. The highest BCUT2D eigenvalue weighted by Crippen LogP contribution is 2.19. The van der Waals surface area contributed by atoms with E-state index in [1.807, 2.05) is 26.4 Å². The number of likely N-dealkylation sites (tertiary alicyclic amines) is 1. The Kier molecular flexibility index (Phi) is 8.97. The minimum atomic E-state index is -4.14. The van der Waals surface area contributed by atoms with E-state index in [0.29, 0.717) is 38.6 Å². The summed E-state index contributed by atoms with van der Waals surface area (Å²) in [7, 11) is 1.87. The zero-order chi connectivity index (χ0) is 17.6. The normalized spacial score (nSPS) is 18.9. The highest BCUT2D eigenvalue weighted by Gasteiger charge is 2.34. The van der Waals surface area contributed by atoms with Crippen LogP contribution in [-0.2, 0) is 13.5 Å². The Morgan fingerprint density at radius 2 is 2.20 bits per heavy atom. The number of alkyl halides is 3. The third-order valence-corrected chi connectivity index (χ3v) is 3.79. The van der Waals surface area contributed by atoms with Crippen molar-refractivity contribution in [2.45, 2.75) is 32.0 Å². The topological polar surface area (TPSA) is 57.5 Å². The number of rotatable bonds is 6. The smallest absolute Gasteiger partial charge is 0.357 e. The molecule has 0 amide bonds. The van der Waals surface area contributed by atoms with Gasteiger partial charge in [-0.3, -0.25) is 14.6 Å². The Bertz CT molecular complexity index is 546. The van der Waals surface area contributed by atoms with Crippen LogP contribution in [0.15, 0.2) is 17.4 Å². The van der Waals surface area contributed by atoms with Crippen LogP contribution >= 0.6 is 24.0 Å². The molecule has 1 aliphatic rings. The summed E-state index contributed by atoms with van der Waals surface area (Å²) in [5.41, 5.74) is 1.11. The largest absolute Gasteiger partial charge is 0.401 e. The van der Waals surface area contributed by atoms with Crippen molar-refractivity contribution in [1.29, 1.82) is 0 Å². The van der Waals surface area contributed by atoms with Gasteiger partial charge in [0, 0.05) is 45.5 Å². The summed E-state index contributed by atoms with van der Waals surface area (Å²) in [5.74, 6) is 0.653. The first-order valence-corrected chi connectivity index (χ1v) is 8.17. The van der Waals surface area contributed by atoms with E-state index >= 15 is 0 Å². The molecular formula is C15H26F3IN6. The van der Waals surface area contributed by atoms with Crippen molar-refractivity contribution < 1.29 is 13.2 Å². The summed E-state index contributed by atoms with van der Waals surface area (Å²) in [6, 6.07) is -0.0106. The lowest BCUT2D eigenvalue weighted by Gasteiger charge is -2.19. The second-order valence-electron chi connectivity index (χ2n) is 6.01. The van der Waals surface area contributed by atoms with Crippen LogP contribution in [0.3, 0.4) is 0 Å². The number of nitrogens with zero attached hydrogens (tertiary/aromatic N) is 4. The average molecular weight is 474 g/mol. The maximum absolute atomic E-state index is 12.4. The quantitative estimate of drug-likeness (QED) is 0.375. The number of aromatic nitrogens is 2. The van der Waals surface area contributed by atoms with Crippen molar-refractivity contribution in [3.63, 3.8) is 0 Å². The van der Waals surface area contributed by atoms with Crippen LogP contribution in [0.25, 0.3) is 0 Å². The van der Waals surface area contributed by atoms with E-state index in [-0.39, 0.29) is 30.0 Å². The van der Waals surface area contributed by atoms with Crippen LogP contribution in [0.4, 0.5) is 13.2 Å². The van der Waals surface area contributed by atoms with Crippen molar-refractivity contribution in [2.24, 2.45) is 12.0 Å². The molecule has 0 spiro atoms. The predicted molar refractivity (Wildman–Crippen MR) is 102 cm³/mol. The van der Waals surface area contributed by atoms with Crippen molar-refractivity contribution in [2.75, 3.05) is 32.7 Å². The molecule has 0 saturated carbocycles. The van der Waals surface area contributed by atoms with Gasteiger partial charge in [0.15, 0.2) is 5.96 Å². The first-order chi connectivity index (χ1) is 11.4. The number of hydrogen-bond donors (Lipinski definition) is 2. The summed E-state index contributed by atoms with van der Waals surface area (Å²) in [4.78, 5) is 5.93. The van der Waals surface area contributed by atoms with Crippen molar-refractivity contribution in [3.05, 3.63) is 18.0 Å². The molecule has 6 nitrogen and oxygen atoms in total. The number of aliphatic imine (C=N–C) groups is 1. The van der Waals surface area contributed by atoms with Gasteiger partial charge < -0.3 is 10.6 Å². The Morgan fingerprint density at radius 1 is 1.44 bits per heavy atom. The number of guanidine groups is 1. The van der Waals surface area contributed by atoms with Crippen molar-refractivity contribution >= 4 is 29.9 Å². The lowest BCUT2D eigenvalue weighted by Crippen LogP contribution is -2.45. The van der Waals surface area contributed by atoms with E-state index in [1.54, 1.807) is 4.68 Å². The van der Waals surface area contributed by atoms with E-state index in [2.05, 4.69) is 20.7 Å². The fourth-order valence-corrected chi connectivity index (χ4v) is 2.76. The van der Waals surface area contributed by atoms with Crippen LogP contribution in [0, 0.1) is 0 Å². The third kappa shape index (κ3) is 8.25. The van der Waals surface area contributed by atoms with Crippen LogP contribution in [-0.4, -0.2) is 65.6 Å². The molecule has 144 valence electrons. The molecule has 2 N–H and O–H groups in total. The van der Waals surface area contributed by atoms with E-state index in [0.717, 1.165) is 12.0 Å². The van der Waals surface area contributed by atoms with Gasteiger partial charge in [0.1, 0.15) is 0 Å². The second-order valence-corrected chi connectivity index (χ2v) is 6.01. The van der Waals surface area contributed by atoms with Gasteiger partial charge in [-0.15, -0.1) is 24.0 Å². The molecule has 0 bridgehead atoms. The number of nitrogens with one attached hydrogen (secondary N) is 2. The molecule has 0 aromatic carbocycles. The van der Waals surface area contributed by atoms with Crippen molar-refractivity contribution in [3.8, 4) is 0 Å². The molecule has 1 fully saturated rings. The molecule has 1 atom stereocenters. The van der Waals surface area contributed by atoms with Gasteiger partial charge in [0.05, 0.1) is 12.7 Å². The lowest BCUT2D eigenvalue weighted by molar-refractivity contribution is -0.143. The zero-order valence-corrected chi connectivity index (χ0v) is 16.8. The van der Waals surface area contributed by atoms with E-state index in [1.165, 1.54) is 4.90 Å². The molecule has 10 heteroatoms. The highest BCUT2D eigenvalue weighted by molar-refractivity contribution is 14.0. The Morgan fingerprint density at radius 3 is 2.80 bits per heavy atom. The summed E-state index contributed by atoms with van der Waals surface area (Å²) in [6.45, 7) is 3.25. The van der Waals surface area contributed by atoms with Gasteiger partial charge in [0.2, 0.25) is 0 Å². The monoisotopic (exact) mass is 474 g/mol. The van der Waals surface area contributed by atoms with E-state index in [9.17, 15) is 13.2 Å². The summed E-state index contributed by atoms with van der Waals surface area (Å²) < 4.78 is 39.1. The minimum Gasteiger partial charge on any atom is -0.357 e. The summed E-state index contributed by atoms with van der Waals surface area (Å²) in [5, 5.41) is 10.5. The van der Waals surface area contributed by atoms with Crippen LogP contribution < -0.4 is 10.6 Å². The predicted octanol–water partition coefficient (Wildman–Crippen LogP) is 1.77. The molecule has 2 rings (SSSR count). The Balaban J connectivity index is 0.00000312. The van der Waals surface area contributed by atoms with Crippen LogP contribution in [0.1, 0.15) is 18.9 Å². The number of aryl methyl sites for hydroxylation is 1. The zero-order valence-electron chi connectivity index (χ0n) is 14.5. The van der Waals surface area contributed by atoms with E-state index < -0.39 is 12.7 Å². The lowest BCUT2D eigenvalue weighted by atomic mass is 10.2. The molecule has 1 saturated heterocycles. The Hall–Kier alpha value is -1.04. The van der Waals surface area contributed by atoms with Crippen LogP contribution in [0.5, 0.6) is 0 Å². The SMILES string of the molecule is CCNC(=NCCc1cnn(C)c1)NC1CCN(CC(F)(F)F)C1.I. The third-order valence-electron chi connectivity index (χ3n) is 3.79. The highest BCUT2D eigenvalue weighted by atomic mass is 127. The second kappa shape index (κ2) is 10.2. The minimum absolute atomic E-state index is 0. The molecular weight excluding hydrogens is 448 g/mol. The van der Waals surface area contributed by atoms with Crippen LogP contribution in [0.2, 0.25) is 0 Å². The van der Waals surface area contributed by atoms with Gasteiger partial charge in [-0.05, 0) is 25.3 Å². The average Bonchev–Trinajstić information content (AvgIpc) is 3.07. The molecule has 1 unspecified atom stereocenters. The molecule has 0 radical (unpaired) electrons. The van der Waals surface area contributed by atoms with Gasteiger partial charge in [-0.1, -0.05) is 0 Å². The first kappa shape index (κ1) is 22.0. The fraction of sp³-hybridized carbons (Fsp3) is 0.733. The summed E-state index contributed by atoms with van der Waals surface area (Å²) in [6.07, 6.45) is 1.07. The molecule has 0 aliphatic carbocycles. The maximum Gasteiger partial charge on any atom is 0.401 e. The van der Waals surface area contributed by atoms with Gasteiger partial charge in [0.25, 0.3) is 0 Å². The Labute approximate surface area is 163 Å². The molecule has 1 aliphatic heterocycles. The molecule has 25 heavy (non-hydrogen) atoms. The molecule has 1 aromatic rings.